The highest BCUT2D eigenvalue weighted by Gasteiger charge is 2.16. The molecule has 0 saturated heterocycles. The summed E-state index contributed by atoms with van der Waals surface area (Å²) in [4.78, 5) is 24.3. The number of anilines is 1. The van der Waals surface area contributed by atoms with E-state index in [9.17, 15) is 9.59 Å². The summed E-state index contributed by atoms with van der Waals surface area (Å²) in [6, 6.07) is 15.9. The van der Waals surface area contributed by atoms with Crippen molar-refractivity contribution in [3.05, 3.63) is 77.9 Å². The van der Waals surface area contributed by atoms with E-state index in [1.165, 1.54) is 0 Å². The molecular weight excluding hydrogens is 250 g/mol. The van der Waals surface area contributed by atoms with E-state index >= 15 is 0 Å². The summed E-state index contributed by atoms with van der Waals surface area (Å²) in [6.45, 7) is 5.27. The summed E-state index contributed by atoms with van der Waals surface area (Å²) < 4.78 is 0. The van der Waals surface area contributed by atoms with Crippen molar-refractivity contribution in [3.8, 4) is 0 Å². The van der Waals surface area contributed by atoms with Crippen LogP contribution in [-0.2, 0) is 0 Å². The standard InChI is InChI=1S/C17H15NO2/c1-12(2)16(19)14-10-6-7-11-15(14)17(20)18-13-8-4-3-5-9-13/h3-11H,1H2,2H3,(H,18,20). The second-order valence-corrected chi connectivity index (χ2v) is 4.48. The average molecular weight is 265 g/mol. The SMILES string of the molecule is C=C(C)C(=O)c1ccccc1C(=O)Nc1ccccc1. The lowest BCUT2D eigenvalue weighted by molar-refractivity contribution is 0.0994. The minimum absolute atomic E-state index is 0.219. The number of allylic oxidation sites excluding steroid dienone is 1. The van der Waals surface area contributed by atoms with Gasteiger partial charge in [-0.25, -0.2) is 0 Å². The molecule has 1 N–H and O–H groups in total. The van der Waals surface area contributed by atoms with Gasteiger partial charge in [-0.15, -0.1) is 0 Å². The predicted molar refractivity (Wildman–Crippen MR) is 80.0 cm³/mol. The maximum absolute atomic E-state index is 12.3. The van der Waals surface area contributed by atoms with E-state index in [-0.39, 0.29) is 11.7 Å². The molecule has 0 saturated carbocycles. The van der Waals surface area contributed by atoms with Crippen molar-refractivity contribution in [2.75, 3.05) is 5.32 Å². The maximum Gasteiger partial charge on any atom is 0.256 e. The van der Waals surface area contributed by atoms with Gasteiger partial charge in [-0.2, -0.15) is 0 Å². The monoisotopic (exact) mass is 265 g/mol. The van der Waals surface area contributed by atoms with Gasteiger partial charge in [0.05, 0.1) is 5.56 Å². The van der Waals surface area contributed by atoms with Gasteiger partial charge in [0.25, 0.3) is 5.91 Å². The number of Topliss-reactive ketones (excluding diaryl/α,β-unsaturated/α-hetero) is 1. The summed E-state index contributed by atoms with van der Waals surface area (Å²) in [5, 5.41) is 2.77. The molecule has 0 aromatic heterocycles. The number of benzene rings is 2. The Bertz CT molecular complexity index is 660. The summed E-state index contributed by atoms with van der Waals surface area (Å²) in [5.41, 5.74) is 1.82. The van der Waals surface area contributed by atoms with Crippen molar-refractivity contribution in [1.29, 1.82) is 0 Å². The Balaban J connectivity index is 2.31. The zero-order valence-electron chi connectivity index (χ0n) is 11.2. The predicted octanol–water partition coefficient (Wildman–Crippen LogP) is 3.70. The van der Waals surface area contributed by atoms with E-state index in [2.05, 4.69) is 11.9 Å². The van der Waals surface area contributed by atoms with E-state index in [1.54, 1.807) is 43.3 Å². The quantitative estimate of drug-likeness (QED) is 0.676. The first-order chi connectivity index (χ1) is 9.59. The number of hydrogen-bond acceptors (Lipinski definition) is 2. The van der Waals surface area contributed by atoms with Crippen molar-refractivity contribution < 1.29 is 9.59 Å². The van der Waals surface area contributed by atoms with Crippen LogP contribution < -0.4 is 5.32 Å². The van der Waals surface area contributed by atoms with E-state index in [1.807, 2.05) is 18.2 Å². The average Bonchev–Trinajstić information content (AvgIpc) is 2.47. The van der Waals surface area contributed by atoms with Crippen LogP contribution in [0.2, 0.25) is 0 Å². The molecule has 2 aromatic rings. The fourth-order valence-electron chi connectivity index (χ4n) is 1.83. The van der Waals surface area contributed by atoms with Crippen LogP contribution in [0.15, 0.2) is 66.7 Å². The normalized spacial score (nSPS) is 9.85. The minimum Gasteiger partial charge on any atom is -0.322 e. The third kappa shape index (κ3) is 3.01. The van der Waals surface area contributed by atoms with Crippen LogP contribution in [0.4, 0.5) is 5.69 Å². The van der Waals surface area contributed by atoms with Gasteiger partial charge in [-0.05, 0) is 30.7 Å². The van der Waals surface area contributed by atoms with Crippen LogP contribution in [0.25, 0.3) is 0 Å². The van der Waals surface area contributed by atoms with Crippen LogP contribution in [-0.4, -0.2) is 11.7 Å². The van der Waals surface area contributed by atoms with E-state index in [0.717, 1.165) is 0 Å². The second-order valence-electron chi connectivity index (χ2n) is 4.48. The molecule has 3 nitrogen and oxygen atoms in total. The van der Waals surface area contributed by atoms with Gasteiger partial charge < -0.3 is 5.32 Å². The first kappa shape index (κ1) is 13.7. The fourth-order valence-corrected chi connectivity index (χ4v) is 1.83. The lowest BCUT2D eigenvalue weighted by atomic mass is 9.99. The Labute approximate surface area is 117 Å². The highest BCUT2D eigenvalue weighted by molar-refractivity contribution is 6.17. The van der Waals surface area contributed by atoms with Gasteiger partial charge in [-0.1, -0.05) is 43.0 Å². The highest BCUT2D eigenvalue weighted by Crippen LogP contribution is 2.15. The number of para-hydroxylation sites is 1. The molecule has 0 radical (unpaired) electrons. The molecule has 0 aliphatic rings. The van der Waals surface area contributed by atoms with Crippen LogP contribution in [0.1, 0.15) is 27.6 Å². The molecule has 1 amide bonds. The van der Waals surface area contributed by atoms with Crippen LogP contribution in [0.5, 0.6) is 0 Å². The Morgan fingerprint density at radius 2 is 1.45 bits per heavy atom. The molecule has 100 valence electrons. The largest absolute Gasteiger partial charge is 0.322 e. The van der Waals surface area contributed by atoms with Gasteiger partial charge >= 0.3 is 0 Å². The number of hydrogen-bond donors (Lipinski definition) is 1. The van der Waals surface area contributed by atoms with Crippen molar-refractivity contribution >= 4 is 17.4 Å². The molecule has 0 aliphatic carbocycles. The van der Waals surface area contributed by atoms with Crippen molar-refractivity contribution in [2.45, 2.75) is 6.92 Å². The second kappa shape index (κ2) is 5.97. The first-order valence-electron chi connectivity index (χ1n) is 6.25. The van der Waals surface area contributed by atoms with Gasteiger partial charge in [0.1, 0.15) is 0 Å². The molecule has 0 unspecified atom stereocenters. The van der Waals surface area contributed by atoms with Crippen molar-refractivity contribution in [1.82, 2.24) is 0 Å². The summed E-state index contributed by atoms with van der Waals surface area (Å²) >= 11 is 0. The molecule has 3 heteroatoms. The molecule has 0 fully saturated rings. The number of carbonyl (C=O) groups excluding carboxylic acids is 2. The van der Waals surface area contributed by atoms with E-state index < -0.39 is 0 Å². The van der Waals surface area contributed by atoms with Crippen LogP contribution in [0, 0.1) is 0 Å². The molecule has 0 atom stereocenters. The lowest BCUT2D eigenvalue weighted by Crippen LogP contribution is -2.16. The molecule has 0 spiro atoms. The van der Waals surface area contributed by atoms with E-state index in [4.69, 9.17) is 0 Å². The van der Waals surface area contributed by atoms with Crippen molar-refractivity contribution in [3.63, 3.8) is 0 Å². The minimum atomic E-state index is -0.304. The zero-order chi connectivity index (χ0) is 14.5. The Hall–Kier alpha value is -2.68. The number of carbonyl (C=O) groups is 2. The number of rotatable bonds is 4. The third-order valence-corrected chi connectivity index (χ3v) is 2.84. The molecular formula is C17H15NO2. The van der Waals surface area contributed by atoms with Gasteiger partial charge in [0.15, 0.2) is 5.78 Å². The Kier molecular flexibility index (Phi) is 4.11. The third-order valence-electron chi connectivity index (χ3n) is 2.84. The summed E-state index contributed by atoms with van der Waals surface area (Å²) in [7, 11) is 0. The Morgan fingerprint density at radius 1 is 0.900 bits per heavy atom. The highest BCUT2D eigenvalue weighted by atomic mass is 16.2. The van der Waals surface area contributed by atoms with E-state index in [0.29, 0.717) is 22.4 Å². The summed E-state index contributed by atoms with van der Waals surface area (Å²) in [5.74, 6) is -0.523. The lowest BCUT2D eigenvalue weighted by Gasteiger charge is -2.09. The van der Waals surface area contributed by atoms with Gasteiger partial charge in [0, 0.05) is 11.3 Å². The fraction of sp³-hybridized carbons (Fsp3) is 0.0588. The molecule has 2 aromatic carbocycles. The van der Waals surface area contributed by atoms with Crippen molar-refractivity contribution in [2.24, 2.45) is 0 Å². The van der Waals surface area contributed by atoms with Gasteiger partial charge in [0.2, 0.25) is 0 Å². The van der Waals surface area contributed by atoms with Gasteiger partial charge in [-0.3, -0.25) is 9.59 Å². The number of amides is 1. The molecule has 0 bridgehead atoms. The molecule has 0 aliphatic heterocycles. The first-order valence-corrected chi connectivity index (χ1v) is 6.25. The molecule has 2 rings (SSSR count). The van der Waals surface area contributed by atoms with Crippen LogP contribution in [0.3, 0.4) is 0 Å². The Morgan fingerprint density at radius 3 is 2.05 bits per heavy atom. The number of nitrogens with one attached hydrogen (secondary N) is 1. The topological polar surface area (TPSA) is 46.2 Å². The van der Waals surface area contributed by atoms with Crippen LogP contribution >= 0.6 is 0 Å². The maximum atomic E-state index is 12.3. The number of ketones is 1. The zero-order valence-corrected chi connectivity index (χ0v) is 11.2. The molecule has 20 heavy (non-hydrogen) atoms. The smallest absolute Gasteiger partial charge is 0.256 e. The summed E-state index contributed by atoms with van der Waals surface area (Å²) in [6.07, 6.45) is 0. The molecule has 0 heterocycles.